The number of hydrogen-bond acceptors (Lipinski definition) is 3. The third-order valence-electron chi connectivity index (χ3n) is 4.43. The molecule has 0 radical (unpaired) electrons. The fourth-order valence-corrected chi connectivity index (χ4v) is 3.34. The molecule has 23 heavy (non-hydrogen) atoms. The Hall–Kier alpha value is -2.40. The van der Waals surface area contributed by atoms with Crippen molar-refractivity contribution in [3.63, 3.8) is 0 Å². The highest BCUT2D eigenvalue weighted by Gasteiger charge is 2.28. The fourth-order valence-electron chi connectivity index (χ4n) is 3.07. The summed E-state index contributed by atoms with van der Waals surface area (Å²) in [6, 6.07) is 8.16. The van der Waals surface area contributed by atoms with Crippen molar-refractivity contribution in [3.05, 3.63) is 46.9 Å². The summed E-state index contributed by atoms with van der Waals surface area (Å²) < 4.78 is 1.95. The van der Waals surface area contributed by atoms with Crippen LogP contribution in [0.5, 0.6) is 0 Å². The Morgan fingerprint density at radius 1 is 1.26 bits per heavy atom. The van der Waals surface area contributed by atoms with Crippen molar-refractivity contribution in [3.8, 4) is 11.3 Å². The smallest absolute Gasteiger partial charge is 0.156 e. The summed E-state index contributed by atoms with van der Waals surface area (Å²) in [5.41, 5.74) is 4.95. The number of nitrogens with zero attached hydrogens (tertiary/aromatic N) is 4. The third-order valence-corrected chi connectivity index (χ3v) is 4.73. The number of aromatic amines is 1. The molecule has 1 aliphatic carbocycles. The van der Waals surface area contributed by atoms with Crippen LogP contribution >= 0.6 is 11.6 Å². The van der Waals surface area contributed by atoms with Crippen LogP contribution in [0, 0.1) is 6.92 Å². The number of H-pyrrole nitrogens is 1. The van der Waals surface area contributed by atoms with Crippen molar-refractivity contribution in [2.45, 2.75) is 25.7 Å². The zero-order valence-electron chi connectivity index (χ0n) is 12.5. The number of nitrogens with one attached hydrogen (secondary N) is 1. The molecule has 1 fully saturated rings. The predicted octanol–water partition coefficient (Wildman–Crippen LogP) is 4.11. The molecule has 1 aliphatic rings. The molecule has 1 saturated carbocycles. The number of rotatable bonds is 2. The van der Waals surface area contributed by atoms with Crippen molar-refractivity contribution in [1.29, 1.82) is 0 Å². The van der Waals surface area contributed by atoms with Crippen molar-refractivity contribution < 1.29 is 0 Å². The molecule has 1 N–H and O–H groups in total. The maximum Gasteiger partial charge on any atom is 0.156 e. The minimum atomic E-state index is 0.531. The molecule has 5 nitrogen and oxygen atoms in total. The Morgan fingerprint density at radius 2 is 2.13 bits per heavy atom. The number of aryl methyl sites for hydroxylation is 1. The van der Waals surface area contributed by atoms with Gasteiger partial charge in [-0.2, -0.15) is 10.2 Å². The van der Waals surface area contributed by atoms with Gasteiger partial charge < -0.3 is 0 Å². The van der Waals surface area contributed by atoms with Crippen LogP contribution in [-0.4, -0.2) is 24.8 Å². The van der Waals surface area contributed by atoms with E-state index in [1.165, 1.54) is 12.8 Å². The molecular formula is C17H14ClN5. The number of hydrogen-bond donors (Lipinski definition) is 1. The molecule has 0 aliphatic heterocycles. The van der Waals surface area contributed by atoms with Gasteiger partial charge in [0.1, 0.15) is 0 Å². The van der Waals surface area contributed by atoms with Gasteiger partial charge in [0.15, 0.2) is 11.5 Å². The maximum atomic E-state index is 6.41. The van der Waals surface area contributed by atoms with Gasteiger partial charge in [-0.05, 0) is 43.5 Å². The first-order chi connectivity index (χ1) is 11.2. The number of halogens is 1. The molecule has 1 aromatic carbocycles. The average molecular weight is 324 g/mol. The van der Waals surface area contributed by atoms with E-state index in [0.29, 0.717) is 10.9 Å². The van der Waals surface area contributed by atoms with E-state index in [4.69, 9.17) is 16.7 Å². The Balaban J connectivity index is 1.81. The van der Waals surface area contributed by atoms with E-state index in [0.717, 1.165) is 39.2 Å². The molecule has 0 amide bonds. The second-order valence-corrected chi connectivity index (χ2v) is 6.58. The predicted molar refractivity (Wildman–Crippen MR) is 89.8 cm³/mol. The third kappa shape index (κ3) is 1.96. The standard InChI is InChI=1S/C17H14ClN5/c1-9-2-5-14-20-17(10-3-4-10)22-23(14)16(9)11-6-12-8-19-21-15(12)13(18)7-11/h2,5-8,10H,3-4H2,1H3,(H,19,21). The van der Waals surface area contributed by atoms with E-state index in [2.05, 4.69) is 34.2 Å². The van der Waals surface area contributed by atoms with Gasteiger partial charge in [-0.15, -0.1) is 0 Å². The highest BCUT2D eigenvalue weighted by atomic mass is 35.5. The van der Waals surface area contributed by atoms with Gasteiger partial charge in [0.05, 0.1) is 22.4 Å². The van der Waals surface area contributed by atoms with E-state index in [1.807, 2.05) is 16.6 Å². The largest absolute Gasteiger partial charge is 0.276 e. The average Bonchev–Trinajstić information content (AvgIpc) is 3.11. The van der Waals surface area contributed by atoms with Crippen molar-refractivity contribution in [2.24, 2.45) is 0 Å². The lowest BCUT2D eigenvalue weighted by atomic mass is 10.0. The lowest BCUT2D eigenvalue weighted by Crippen LogP contribution is -1.98. The van der Waals surface area contributed by atoms with Gasteiger partial charge in [0.25, 0.3) is 0 Å². The Labute approximate surface area is 137 Å². The van der Waals surface area contributed by atoms with E-state index in [-0.39, 0.29) is 0 Å². The van der Waals surface area contributed by atoms with E-state index in [1.54, 1.807) is 6.20 Å². The quantitative estimate of drug-likeness (QED) is 0.604. The Bertz CT molecular complexity index is 1060. The summed E-state index contributed by atoms with van der Waals surface area (Å²) in [5.74, 6) is 1.48. The van der Waals surface area contributed by atoms with Gasteiger partial charge in [-0.3, -0.25) is 5.10 Å². The minimum Gasteiger partial charge on any atom is -0.276 e. The van der Waals surface area contributed by atoms with Crippen molar-refractivity contribution in [2.75, 3.05) is 0 Å². The van der Waals surface area contributed by atoms with E-state index < -0.39 is 0 Å². The fraction of sp³-hybridized carbons (Fsp3) is 0.235. The molecule has 3 aromatic heterocycles. The number of fused-ring (bicyclic) bond motifs is 2. The molecule has 5 rings (SSSR count). The number of aromatic nitrogens is 5. The van der Waals surface area contributed by atoms with Crippen LogP contribution in [0.15, 0.2) is 30.5 Å². The second kappa shape index (κ2) is 4.55. The Kier molecular flexibility index (Phi) is 2.59. The van der Waals surface area contributed by atoms with Crippen LogP contribution < -0.4 is 0 Å². The highest BCUT2D eigenvalue weighted by molar-refractivity contribution is 6.35. The Morgan fingerprint density at radius 3 is 2.96 bits per heavy atom. The van der Waals surface area contributed by atoms with Crippen LogP contribution in [0.1, 0.15) is 30.1 Å². The van der Waals surface area contributed by atoms with Gasteiger partial charge >= 0.3 is 0 Å². The summed E-state index contributed by atoms with van der Waals surface area (Å²) in [6.07, 6.45) is 4.17. The van der Waals surface area contributed by atoms with Crippen molar-refractivity contribution in [1.82, 2.24) is 24.8 Å². The molecule has 6 heteroatoms. The lowest BCUT2D eigenvalue weighted by Gasteiger charge is -2.09. The molecule has 0 bridgehead atoms. The van der Waals surface area contributed by atoms with Gasteiger partial charge in [-0.25, -0.2) is 9.50 Å². The summed E-state index contributed by atoms with van der Waals surface area (Å²) >= 11 is 6.41. The van der Waals surface area contributed by atoms with Crippen molar-refractivity contribution >= 4 is 28.2 Å². The molecule has 4 aromatic rings. The molecule has 0 spiro atoms. The van der Waals surface area contributed by atoms with Crippen LogP contribution in [0.2, 0.25) is 5.02 Å². The number of benzene rings is 1. The summed E-state index contributed by atoms with van der Waals surface area (Å²) in [6.45, 7) is 2.08. The molecule has 114 valence electrons. The summed E-state index contributed by atoms with van der Waals surface area (Å²) in [7, 11) is 0. The van der Waals surface area contributed by atoms with E-state index in [9.17, 15) is 0 Å². The van der Waals surface area contributed by atoms with Crippen LogP contribution in [0.4, 0.5) is 0 Å². The zero-order chi connectivity index (χ0) is 15.6. The molecular weight excluding hydrogens is 310 g/mol. The highest BCUT2D eigenvalue weighted by Crippen LogP contribution is 2.39. The maximum absolute atomic E-state index is 6.41. The monoisotopic (exact) mass is 323 g/mol. The van der Waals surface area contributed by atoms with Gasteiger partial charge in [-0.1, -0.05) is 17.7 Å². The molecule has 0 unspecified atom stereocenters. The lowest BCUT2D eigenvalue weighted by molar-refractivity contribution is 0.880. The van der Waals surface area contributed by atoms with E-state index >= 15 is 0 Å². The van der Waals surface area contributed by atoms with Crippen LogP contribution in [0.3, 0.4) is 0 Å². The van der Waals surface area contributed by atoms with Gasteiger partial charge in [0.2, 0.25) is 0 Å². The number of pyridine rings is 1. The van der Waals surface area contributed by atoms with Crippen LogP contribution in [0.25, 0.3) is 27.8 Å². The normalized spacial score (nSPS) is 14.9. The molecule has 0 saturated heterocycles. The first-order valence-electron chi connectivity index (χ1n) is 7.70. The first kappa shape index (κ1) is 13.1. The zero-order valence-corrected chi connectivity index (χ0v) is 13.3. The summed E-state index contributed by atoms with van der Waals surface area (Å²) in [4.78, 5) is 4.68. The first-order valence-corrected chi connectivity index (χ1v) is 8.08. The summed E-state index contributed by atoms with van der Waals surface area (Å²) in [5, 5.41) is 13.4. The molecule has 3 heterocycles. The molecule has 0 atom stereocenters. The second-order valence-electron chi connectivity index (χ2n) is 6.17. The topological polar surface area (TPSA) is 58.9 Å². The van der Waals surface area contributed by atoms with Gasteiger partial charge in [0, 0.05) is 16.9 Å². The minimum absolute atomic E-state index is 0.531. The SMILES string of the molecule is Cc1ccc2nc(C3CC3)nn2c1-c1cc(Cl)c2[nH]ncc2c1. The van der Waals surface area contributed by atoms with Crippen LogP contribution in [-0.2, 0) is 0 Å².